The molecule has 8 heteroatoms. The highest BCUT2D eigenvalue weighted by Crippen LogP contribution is 2.31. The minimum Gasteiger partial charge on any atom is -0.493 e. The van der Waals surface area contributed by atoms with Crippen molar-refractivity contribution in [2.24, 2.45) is 0 Å². The summed E-state index contributed by atoms with van der Waals surface area (Å²) in [5, 5.41) is 1.79. The lowest BCUT2D eigenvalue weighted by atomic mass is 10.1. The second-order valence-corrected chi connectivity index (χ2v) is 7.47. The van der Waals surface area contributed by atoms with Crippen LogP contribution >= 0.6 is 27.7 Å². The molecule has 0 aromatic heterocycles. The number of halogens is 1. The second-order valence-electron chi connectivity index (χ2n) is 5.54. The molecule has 0 atom stereocenters. The maximum Gasteiger partial charge on any atom is 0.315 e. The topological polar surface area (TPSA) is 81.7 Å². The maximum atomic E-state index is 12.2. The molecule has 0 radical (unpaired) electrons. The molecule has 0 aliphatic carbocycles. The number of ether oxygens (including phenoxy) is 2. The van der Waals surface area contributed by atoms with Crippen LogP contribution in [0.4, 0.5) is 4.79 Å². The van der Waals surface area contributed by atoms with E-state index in [-0.39, 0.29) is 12.2 Å². The maximum absolute atomic E-state index is 12.2. The van der Waals surface area contributed by atoms with Crippen molar-refractivity contribution in [2.75, 3.05) is 7.11 Å². The summed E-state index contributed by atoms with van der Waals surface area (Å²) in [4.78, 5) is 35.3. The zero-order chi connectivity index (χ0) is 19.4. The van der Waals surface area contributed by atoms with Crippen molar-refractivity contribution in [3.05, 3.63) is 63.0 Å². The summed E-state index contributed by atoms with van der Waals surface area (Å²) in [5.74, 6) is -0.225. The van der Waals surface area contributed by atoms with Crippen LogP contribution in [0.3, 0.4) is 0 Å². The van der Waals surface area contributed by atoms with Gasteiger partial charge in [-0.1, -0.05) is 34.1 Å². The molecule has 1 aliphatic rings. The summed E-state index contributed by atoms with van der Waals surface area (Å²) in [6.07, 6.45) is 1.70. The fourth-order valence-electron chi connectivity index (χ4n) is 2.36. The van der Waals surface area contributed by atoms with E-state index in [4.69, 9.17) is 9.47 Å². The van der Waals surface area contributed by atoms with Crippen LogP contribution in [0.15, 0.2) is 51.8 Å². The first-order chi connectivity index (χ1) is 12.9. The molecule has 3 rings (SSSR count). The number of carbonyl (C=O) groups excluding carboxylic acids is 3. The fraction of sp³-hybridized carbons (Fsp3) is 0.105. The van der Waals surface area contributed by atoms with Gasteiger partial charge in [0.1, 0.15) is 0 Å². The number of benzene rings is 2. The van der Waals surface area contributed by atoms with Crippen molar-refractivity contribution in [2.45, 2.75) is 6.42 Å². The van der Waals surface area contributed by atoms with E-state index in [0.717, 1.165) is 21.8 Å². The van der Waals surface area contributed by atoms with Gasteiger partial charge in [-0.2, -0.15) is 0 Å². The normalized spacial score (nSPS) is 15.0. The molecule has 1 N–H and O–H groups in total. The van der Waals surface area contributed by atoms with Crippen LogP contribution in [0, 0.1) is 0 Å². The van der Waals surface area contributed by atoms with Crippen LogP contribution in [0.25, 0.3) is 6.08 Å². The molecule has 1 fully saturated rings. The highest BCUT2D eigenvalue weighted by atomic mass is 79.9. The molecule has 2 amide bonds. The van der Waals surface area contributed by atoms with Crippen LogP contribution in [0.5, 0.6) is 11.5 Å². The first kappa shape index (κ1) is 19.2. The first-order valence-corrected chi connectivity index (χ1v) is 9.43. The van der Waals surface area contributed by atoms with Gasteiger partial charge in [-0.05, 0) is 53.2 Å². The Balaban J connectivity index is 1.73. The SMILES string of the molecule is COc1cc(C=C2SC(=O)NC2=O)ccc1OC(=O)Cc1ccc(Br)cc1. The van der Waals surface area contributed by atoms with Crippen molar-refractivity contribution in [3.63, 3.8) is 0 Å². The molecule has 2 aromatic rings. The third-order valence-corrected chi connectivity index (χ3v) is 4.95. The lowest BCUT2D eigenvalue weighted by Gasteiger charge is -2.10. The predicted molar refractivity (Wildman–Crippen MR) is 106 cm³/mol. The molecule has 0 saturated carbocycles. The largest absolute Gasteiger partial charge is 0.493 e. The van der Waals surface area contributed by atoms with Crippen molar-refractivity contribution in [1.29, 1.82) is 0 Å². The first-order valence-electron chi connectivity index (χ1n) is 7.82. The van der Waals surface area contributed by atoms with Crippen LogP contribution in [0.1, 0.15) is 11.1 Å². The minimum absolute atomic E-state index is 0.126. The molecule has 0 bridgehead atoms. The monoisotopic (exact) mass is 447 g/mol. The van der Waals surface area contributed by atoms with Crippen LogP contribution in [-0.4, -0.2) is 24.2 Å². The molecule has 138 valence electrons. The summed E-state index contributed by atoms with van der Waals surface area (Å²) in [5.41, 5.74) is 1.48. The molecule has 6 nitrogen and oxygen atoms in total. The van der Waals surface area contributed by atoms with Crippen molar-refractivity contribution in [1.82, 2.24) is 5.32 Å². The van der Waals surface area contributed by atoms with E-state index in [1.165, 1.54) is 7.11 Å². The number of rotatable bonds is 5. The Labute approximate surface area is 168 Å². The van der Waals surface area contributed by atoms with Gasteiger partial charge in [0.15, 0.2) is 11.5 Å². The zero-order valence-corrected chi connectivity index (χ0v) is 16.6. The molecule has 0 unspecified atom stereocenters. The summed E-state index contributed by atoms with van der Waals surface area (Å²) < 4.78 is 11.6. The minimum atomic E-state index is -0.436. The zero-order valence-electron chi connectivity index (χ0n) is 14.2. The lowest BCUT2D eigenvalue weighted by Crippen LogP contribution is -2.17. The number of carbonyl (C=O) groups is 3. The van der Waals surface area contributed by atoms with Gasteiger partial charge in [0, 0.05) is 4.47 Å². The second kappa shape index (κ2) is 8.41. The van der Waals surface area contributed by atoms with Gasteiger partial charge in [0.25, 0.3) is 11.1 Å². The van der Waals surface area contributed by atoms with E-state index in [0.29, 0.717) is 16.2 Å². The number of imide groups is 1. The van der Waals surface area contributed by atoms with Gasteiger partial charge in [-0.3, -0.25) is 19.7 Å². The Bertz CT molecular complexity index is 940. The summed E-state index contributed by atoms with van der Waals surface area (Å²) in [7, 11) is 1.46. The van der Waals surface area contributed by atoms with Gasteiger partial charge in [-0.15, -0.1) is 0 Å². The Hall–Kier alpha value is -2.58. The van der Waals surface area contributed by atoms with Gasteiger partial charge in [0.2, 0.25) is 0 Å². The van der Waals surface area contributed by atoms with Crippen molar-refractivity contribution >= 4 is 50.9 Å². The highest BCUT2D eigenvalue weighted by molar-refractivity contribution is 9.10. The van der Waals surface area contributed by atoms with Crippen LogP contribution in [-0.2, 0) is 16.0 Å². The van der Waals surface area contributed by atoms with Gasteiger partial charge >= 0.3 is 5.97 Å². The molecule has 2 aromatic carbocycles. The molecule has 1 heterocycles. The Morgan fingerprint density at radius 2 is 1.89 bits per heavy atom. The molecule has 27 heavy (non-hydrogen) atoms. The quantitative estimate of drug-likeness (QED) is 0.424. The third kappa shape index (κ3) is 4.99. The predicted octanol–water partition coefficient (Wildman–Crippen LogP) is 3.93. The van der Waals surface area contributed by atoms with Crippen LogP contribution < -0.4 is 14.8 Å². The Kier molecular flexibility index (Phi) is 5.98. The number of esters is 1. The number of nitrogens with one attached hydrogen (secondary N) is 1. The third-order valence-electron chi connectivity index (χ3n) is 3.61. The number of methoxy groups -OCH3 is 1. The smallest absolute Gasteiger partial charge is 0.315 e. The van der Waals surface area contributed by atoms with Gasteiger partial charge in [0.05, 0.1) is 18.4 Å². The fourth-order valence-corrected chi connectivity index (χ4v) is 3.30. The van der Waals surface area contributed by atoms with E-state index >= 15 is 0 Å². The summed E-state index contributed by atoms with van der Waals surface area (Å²) in [6, 6.07) is 12.3. The van der Waals surface area contributed by atoms with E-state index in [9.17, 15) is 14.4 Å². The van der Waals surface area contributed by atoms with E-state index in [1.54, 1.807) is 24.3 Å². The highest BCUT2D eigenvalue weighted by Gasteiger charge is 2.25. The lowest BCUT2D eigenvalue weighted by molar-refractivity contribution is -0.133. The number of thioether (sulfide) groups is 1. The van der Waals surface area contributed by atoms with Crippen molar-refractivity contribution in [3.8, 4) is 11.5 Å². The standard InChI is InChI=1S/C19H14BrNO5S/c1-25-15-8-12(9-16-18(23)21-19(24)27-16)4-7-14(15)26-17(22)10-11-2-5-13(20)6-3-11/h2-9H,10H2,1H3,(H,21,23,24). The van der Waals surface area contributed by atoms with E-state index in [2.05, 4.69) is 21.2 Å². The van der Waals surface area contributed by atoms with E-state index in [1.807, 2.05) is 24.3 Å². The average Bonchev–Trinajstić information content (AvgIpc) is 2.95. The molecule has 0 spiro atoms. The number of amides is 2. The van der Waals surface area contributed by atoms with E-state index < -0.39 is 17.1 Å². The number of hydrogen-bond acceptors (Lipinski definition) is 6. The summed E-state index contributed by atoms with van der Waals surface area (Å²) in [6.45, 7) is 0. The molecule has 1 saturated heterocycles. The van der Waals surface area contributed by atoms with Crippen LogP contribution in [0.2, 0.25) is 0 Å². The molecular formula is C19H14BrNO5S. The Morgan fingerprint density at radius 3 is 2.52 bits per heavy atom. The van der Waals surface area contributed by atoms with Gasteiger partial charge in [-0.25, -0.2) is 0 Å². The molecular weight excluding hydrogens is 434 g/mol. The number of hydrogen-bond donors (Lipinski definition) is 1. The van der Waals surface area contributed by atoms with Gasteiger partial charge < -0.3 is 9.47 Å². The Morgan fingerprint density at radius 1 is 1.15 bits per heavy atom. The summed E-state index contributed by atoms with van der Waals surface area (Å²) >= 11 is 4.18. The molecule has 1 aliphatic heterocycles. The average molecular weight is 448 g/mol. The van der Waals surface area contributed by atoms with Crippen molar-refractivity contribution < 1.29 is 23.9 Å².